The number of hydrogen-bond donors (Lipinski definition) is 1. The van der Waals surface area contributed by atoms with Crippen molar-refractivity contribution >= 4 is 16.2 Å². The van der Waals surface area contributed by atoms with Crippen LogP contribution in [0.3, 0.4) is 0 Å². The lowest BCUT2D eigenvalue weighted by molar-refractivity contribution is -0.132. The second kappa shape index (κ2) is 5.64. The molecule has 3 fully saturated rings. The predicted molar refractivity (Wildman–Crippen MR) is 93.1 cm³/mol. The molecule has 0 saturated heterocycles. The van der Waals surface area contributed by atoms with Crippen LogP contribution in [-0.4, -0.2) is 24.9 Å². The van der Waals surface area contributed by atoms with Gasteiger partial charge in [-0.15, -0.1) is 0 Å². The Morgan fingerprint density at radius 1 is 1.04 bits per heavy atom. The van der Waals surface area contributed by atoms with E-state index in [9.17, 15) is 13.2 Å². The summed E-state index contributed by atoms with van der Waals surface area (Å²) in [6, 6.07) is 0. The van der Waals surface area contributed by atoms with Crippen LogP contribution in [0, 0.1) is 28.6 Å². The van der Waals surface area contributed by atoms with Crippen molar-refractivity contribution < 1.29 is 21.9 Å². The molecule has 0 bridgehead atoms. The lowest BCUT2D eigenvalue weighted by Crippen LogP contribution is -2.50. The number of carbonyl (C=O) groups is 1. The Balaban J connectivity index is 1.61. The second-order valence-electron chi connectivity index (χ2n) is 9.04. The first kappa shape index (κ1) is 17.7. The van der Waals surface area contributed by atoms with Gasteiger partial charge in [-0.3, -0.25) is 9.35 Å². The third-order valence-corrected chi connectivity index (χ3v) is 8.52. The van der Waals surface area contributed by atoms with Crippen LogP contribution in [0.15, 0.2) is 11.6 Å². The Hall–Kier alpha value is -0.720. The first-order valence-electron chi connectivity index (χ1n) is 9.54. The van der Waals surface area contributed by atoms with Gasteiger partial charge < -0.3 is 0 Å². The molecule has 0 radical (unpaired) electrons. The summed E-state index contributed by atoms with van der Waals surface area (Å²) < 4.78 is 35.8. The van der Waals surface area contributed by atoms with Crippen LogP contribution in [0.4, 0.5) is 0 Å². The van der Waals surface area contributed by atoms with E-state index in [1.165, 1.54) is 5.57 Å². The van der Waals surface area contributed by atoms with E-state index in [-0.39, 0.29) is 10.8 Å². The molecule has 0 aromatic heterocycles. The summed E-state index contributed by atoms with van der Waals surface area (Å²) in [4.78, 5) is 12.4. The number of fused-ring (bicyclic) bond motifs is 5. The first-order valence-corrected chi connectivity index (χ1v) is 10.9. The van der Waals surface area contributed by atoms with Gasteiger partial charge in [0.2, 0.25) is 0 Å². The highest BCUT2D eigenvalue weighted by atomic mass is 32.3. The normalized spacial score (nSPS) is 46.8. The fraction of sp³-hybridized carbons (Fsp3) is 0.842. The topological polar surface area (TPSA) is 80.7 Å². The van der Waals surface area contributed by atoms with Crippen LogP contribution in [0.5, 0.6) is 0 Å². The molecule has 5 nitrogen and oxygen atoms in total. The molecule has 0 aliphatic heterocycles. The van der Waals surface area contributed by atoms with Gasteiger partial charge in [-0.05, 0) is 68.1 Å². The van der Waals surface area contributed by atoms with Crippen molar-refractivity contribution in [3.05, 3.63) is 11.6 Å². The molecule has 0 spiro atoms. The summed E-state index contributed by atoms with van der Waals surface area (Å²) >= 11 is 0. The molecule has 1 N–H and O–H groups in total. The summed E-state index contributed by atoms with van der Waals surface area (Å²) in [5.74, 6) is 2.16. The van der Waals surface area contributed by atoms with Gasteiger partial charge in [-0.2, -0.15) is 8.42 Å². The van der Waals surface area contributed by atoms with Crippen LogP contribution >= 0.6 is 0 Å². The Kier molecular flexibility index (Phi) is 3.99. The van der Waals surface area contributed by atoms with Crippen molar-refractivity contribution in [2.24, 2.45) is 28.6 Å². The van der Waals surface area contributed by atoms with Crippen LogP contribution in [-0.2, 0) is 19.4 Å². The van der Waals surface area contributed by atoms with E-state index < -0.39 is 16.5 Å². The summed E-state index contributed by atoms with van der Waals surface area (Å²) in [5, 5.41) is 0. The summed E-state index contributed by atoms with van der Waals surface area (Å²) in [5.41, 5.74) is 1.26. The van der Waals surface area contributed by atoms with E-state index in [2.05, 4.69) is 13.8 Å². The standard InChI is InChI=1S/C19H28O5S/c1-18-9-7-13(24-25(21,22)23)11-12(18)3-4-14-15-5-6-17(20)19(15,2)10-8-16(14)18/h11,13-16H,3-10H2,1-2H3,(H,21,22,23)/t13-,14-,15-,16-,18-,19-/m0/s1. The number of hydrogen-bond acceptors (Lipinski definition) is 4. The Morgan fingerprint density at radius 3 is 2.44 bits per heavy atom. The molecule has 4 rings (SSSR count). The van der Waals surface area contributed by atoms with E-state index in [0.717, 1.165) is 44.9 Å². The summed E-state index contributed by atoms with van der Waals surface area (Å²) in [6.07, 6.45) is 8.79. The van der Waals surface area contributed by atoms with Crippen LogP contribution in [0.1, 0.15) is 65.2 Å². The molecular formula is C19H28O5S. The third-order valence-electron chi connectivity index (χ3n) is 8.03. The molecule has 140 valence electrons. The Labute approximate surface area is 150 Å². The molecule has 0 aromatic carbocycles. The zero-order chi connectivity index (χ0) is 18.0. The minimum Gasteiger partial charge on any atom is -0.299 e. The number of Topliss-reactive ketones (excluding diaryl/α,β-unsaturated/α-hetero) is 1. The smallest absolute Gasteiger partial charge is 0.299 e. The number of rotatable bonds is 2. The summed E-state index contributed by atoms with van der Waals surface area (Å²) in [7, 11) is -4.41. The predicted octanol–water partition coefficient (Wildman–Crippen LogP) is 3.71. The maximum atomic E-state index is 12.4. The molecular weight excluding hydrogens is 340 g/mol. The summed E-state index contributed by atoms with van der Waals surface area (Å²) in [6.45, 7) is 4.51. The van der Waals surface area contributed by atoms with Crippen LogP contribution < -0.4 is 0 Å². The highest BCUT2D eigenvalue weighted by Gasteiger charge is 2.58. The highest BCUT2D eigenvalue weighted by Crippen LogP contribution is 2.64. The molecule has 3 saturated carbocycles. The minimum absolute atomic E-state index is 0.0783. The molecule has 0 heterocycles. The van der Waals surface area contributed by atoms with E-state index in [1.54, 1.807) is 0 Å². The van der Waals surface area contributed by atoms with Gasteiger partial charge >= 0.3 is 10.4 Å². The monoisotopic (exact) mass is 368 g/mol. The van der Waals surface area contributed by atoms with E-state index in [1.807, 2.05) is 6.08 Å². The van der Waals surface area contributed by atoms with Crippen LogP contribution in [0.2, 0.25) is 0 Å². The van der Waals surface area contributed by atoms with E-state index in [0.29, 0.717) is 30.0 Å². The minimum atomic E-state index is -4.41. The van der Waals surface area contributed by atoms with Crippen molar-refractivity contribution in [1.82, 2.24) is 0 Å². The van der Waals surface area contributed by atoms with Gasteiger partial charge in [0.05, 0.1) is 6.10 Å². The average molecular weight is 368 g/mol. The van der Waals surface area contributed by atoms with Gasteiger partial charge in [-0.1, -0.05) is 25.5 Å². The van der Waals surface area contributed by atoms with Gasteiger partial charge in [0, 0.05) is 11.8 Å². The maximum Gasteiger partial charge on any atom is 0.397 e. The number of allylic oxidation sites excluding steroid dienone is 1. The van der Waals surface area contributed by atoms with Crippen molar-refractivity contribution in [2.45, 2.75) is 71.3 Å². The lowest BCUT2D eigenvalue weighted by atomic mass is 9.47. The molecule has 6 heteroatoms. The Bertz CT molecular complexity index is 726. The molecule has 25 heavy (non-hydrogen) atoms. The first-order chi connectivity index (χ1) is 11.6. The lowest BCUT2D eigenvalue weighted by Gasteiger charge is -2.57. The third kappa shape index (κ3) is 2.72. The van der Waals surface area contributed by atoms with Crippen molar-refractivity contribution in [1.29, 1.82) is 0 Å². The van der Waals surface area contributed by atoms with Crippen LogP contribution in [0.25, 0.3) is 0 Å². The zero-order valence-corrected chi connectivity index (χ0v) is 15.8. The maximum absolute atomic E-state index is 12.4. The van der Waals surface area contributed by atoms with Crippen molar-refractivity contribution in [3.63, 3.8) is 0 Å². The van der Waals surface area contributed by atoms with Gasteiger partial charge in [0.25, 0.3) is 0 Å². The molecule has 0 amide bonds. The second-order valence-corrected chi connectivity index (χ2v) is 10.1. The molecule has 4 aliphatic carbocycles. The zero-order valence-electron chi connectivity index (χ0n) is 15.0. The largest absolute Gasteiger partial charge is 0.397 e. The van der Waals surface area contributed by atoms with Crippen molar-refractivity contribution in [3.8, 4) is 0 Å². The molecule has 6 atom stereocenters. The van der Waals surface area contributed by atoms with Gasteiger partial charge in [0.1, 0.15) is 5.78 Å². The SMILES string of the molecule is C[C@]12CC[C@H](OS(=O)(=O)O)C=C1CC[C@@H]1[C@@H]2CC[C@]2(C)C(=O)CC[C@@H]12. The van der Waals surface area contributed by atoms with Crippen molar-refractivity contribution in [2.75, 3.05) is 0 Å². The Morgan fingerprint density at radius 2 is 1.72 bits per heavy atom. The molecule has 0 aromatic rings. The highest BCUT2D eigenvalue weighted by molar-refractivity contribution is 7.80. The fourth-order valence-electron chi connectivity index (χ4n) is 6.70. The van der Waals surface area contributed by atoms with E-state index in [4.69, 9.17) is 8.74 Å². The fourth-order valence-corrected chi connectivity index (χ4v) is 7.16. The van der Waals surface area contributed by atoms with Gasteiger partial charge in [-0.25, -0.2) is 4.18 Å². The number of carbonyl (C=O) groups excluding carboxylic acids is 1. The van der Waals surface area contributed by atoms with Gasteiger partial charge in [0.15, 0.2) is 0 Å². The van der Waals surface area contributed by atoms with E-state index >= 15 is 0 Å². The molecule has 4 aliphatic rings. The quantitative estimate of drug-likeness (QED) is 0.594. The number of ketones is 1. The molecule has 0 unspecified atom stereocenters. The average Bonchev–Trinajstić information content (AvgIpc) is 2.82.